The van der Waals surface area contributed by atoms with E-state index in [1.54, 1.807) is 0 Å². The zero-order valence-electron chi connectivity index (χ0n) is 12.4. The Labute approximate surface area is 120 Å². The summed E-state index contributed by atoms with van der Waals surface area (Å²) >= 11 is 0. The van der Waals surface area contributed by atoms with Gasteiger partial charge in [-0.1, -0.05) is 30.3 Å². The molecule has 0 radical (unpaired) electrons. The summed E-state index contributed by atoms with van der Waals surface area (Å²) in [6, 6.07) is 14.4. The van der Waals surface area contributed by atoms with Crippen LogP contribution in [0.4, 0.5) is 0 Å². The summed E-state index contributed by atoms with van der Waals surface area (Å²) in [5.41, 5.74) is -0.309. The Kier molecular flexibility index (Phi) is 4.63. The molecule has 0 aliphatic heterocycles. The summed E-state index contributed by atoms with van der Waals surface area (Å²) in [6.45, 7) is 4.11. The molecular weight excluding hydrogens is 250 g/mol. The minimum atomic E-state index is -0.309. The summed E-state index contributed by atoms with van der Waals surface area (Å²) in [5.74, 6) is 0.868. The van der Waals surface area contributed by atoms with Crippen LogP contribution in [0.1, 0.15) is 20.3 Å². The van der Waals surface area contributed by atoms with Crippen molar-refractivity contribution in [2.45, 2.75) is 31.9 Å². The first-order valence-electron chi connectivity index (χ1n) is 7.01. The van der Waals surface area contributed by atoms with Gasteiger partial charge in [0.15, 0.2) is 0 Å². The number of aliphatic hydroxyl groups is 1. The van der Waals surface area contributed by atoms with Crippen LogP contribution in [0.15, 0.2) is 42.5 Å². The van der Waals surface area contributed by atoms with Gasteiger partial charge in [-0.25, -0.2) is 0 Å². The summed E-state index contributed by atoms with van der Waals surface area (Å²) in [6.07, 6.45) is 0.771. The van der Waals surface area contributed by atoms with Crippen LogP contribution in [0.2, 0.25) is 0 Å². The number of nitrogens with one attached hydrogen (secondary N) is 1. The van der Waals surface area contributed by atoms with Gasteiger partial charge in [-0.15, -0.1) is 0 Å². The van der Waals surface area contributed by atoms with E-state index in [1.165, 1.54) is 10.8 Å². The monoisotopic (exact) mass is 273 g/mol. The number of likely N-dealkylation sites (N-methyl/N-ethyl adjacent to an activating group) is 1. The normalized spacial score (nSPS) is 15.8. The molecule has 2 aromatic rings. The van der Waals surface area contributed by atoms with Gasteiger partial charge in [0.05, 0.1) is 12.7 Å². The van der Waals surface area contributed by atoms with E-state index in [4.69, 9.17) is 4.74 Å². The van der Waals surface area contributed by atoms with Gasteiger partial charge in [0.25, 0.3) is 0 Å². The van der Waals surface area contributed by atoms with Gasteiger partial charge in [0, 0.05) is 12.0 Å². The molecule has 108 valence electrons. The second-order valence-corrected chi connectivity index (χ2v) is 5.61. The van der Waals surface area contributed by atoms with Gasteiger partial charge in [-0.3, -0.25) is 0 Å². The maximum absolute atomic E-state index is 9.42. The molecule has 2 atom stereocenters. The van der Waals surface area contributed by atoms with Crippen molar-refractivity contribution in [1.82, 2.24) is 5.32 Å². The first kappa shape index (κ1) is 14.8. The van der Waals surface area contributed by atoms with Crippen molar-refractivity contribution in [2.75, 3.05) is 13.7 Å². The first-order chi connectivity index (χ1) is 9.56. The number of fused-ring (bicyclic) bond motifs is 1. The molecule has 0 spiro atoms. The predicted octanol–water partition coefficient (Wildman–Crippen LogP) is 2.97. The number of hydrogen-bond donors (Lipinski definition) is 2. The highest BCUT2D eigenvalue weighted by Crippen LogP contribution is 2.23. The van der Waals surface area contributed by atoms with Crippen LogP contribution in [0.3, 0.4) is 0 Å². The van der Waals surface area contributed by atoms with Crippen molar-refractivity contribution >= 4 is 10.8 Å². The quantitative estimate of drug-likeness (QED) is 0.850. The van der Waals surface area contributed by atoms with Gasteiger partial charge in [-0.2, -0.15) is 0 Å². The molecule has 2 N–H and O–H groups in total. The highest BCUT2D eigenvalue weighted by atomic mass is 16.5. The van der Waals surface area contributed by atoms with E-state index in [1.807, 2.05) is 39.1 Å². The number of hydrogen-bond acceptors (Lipinski definition) is 3. The summed E-state index contributed by atoms with van der Waals surface area (Å²) in [7, 11) is 1.86. The van der Waals surface area contributed by atoms with Gasteiger partial charge < -0.3 is 15.2 Å². The predicted molar refractivity (Wildman–Crippen MR) is 83.2 cm³/mol. The average Bonchev–Trinajstić information content (AvgIpc) is 2.47. The second-order valence-electron chi connectivity index (χ2n) is 5.61. The largest absolute Gasteiger partial charge is 0.491 e. The Morgan fingerprint density at radius 3 is 2.55 bits per heavy atom. The van der Waals surface area contributed by atoms with Crippen LogP contribution in [-0.4, -0.2) is 30.4 Å². The number of aliphatic hydroxyl groups excluding tert-OH is 1. The zero-order chi connectivity index (χ0) is 14.6. The van der Waals surface area contributed by atoms with Gasteiger partial charge in [-0.05, 0) is 43.8 Å². The third-order valence-corrected chi connectivity index (χ3v) is 3.75. The summed E-state index contributed by atoms with van der Waals surface area (Å²) in [5, 5.41) is 15.0. The van der Waals surface area contributed by atoms with Gasteiger partial charge in [0.1, 0.15) is 5.75 Å². The van der Waals surface area contributed by atoms with E-state index in [-0.39, 0.29) is 18.2 Å². The van der Waals surface area contributed by atoms with E-state index in [2.05, 4.69) is 29.6 Å². The number of ether oxygens (including phenoxy) is 1. The summed E-state index contributed by atoms with van der Waals surface area (Å²) in [4.78, 5) is 0. The van der Waals surface area contributed by atoms with Crippen LogP contribution in [-0.2, 0) is 0 Å². The maximum Gasteiger partial charge on any atom is 0.120 e. The standard InChI is InChI=1S/C17H23NO2/c1-13(11-17(2,12-19)18-3)20-16-9-8-14-6-4-5-7-15(14)10-16/h4-10,13,18-19H,11-12H2,1-3H3. The van der Waals surface area contributed by atoms with Crippen molar-refractivity contribution in [2.24, 2.45) is 0 Å². The Morgan fingerprint density at radius 2 is 1.90 bits per heavy atom. The zero-order valence-corrected chi connectivity index (χ0v) is 12.4. The lowest BCUT2D eigenvalue weighted by atomic mass is 9.96. The number of benzene rings is 2. The molecule has 2 unspecified atom stereocenters. The molecule has 0 aliphatic carbocycles. The topological polar surface area (TPSA) is 41.5 Å². The van der Waals surface area contributed by atoms with E-state index < -0.39 is 0 Å². The third kappa shape index (κ3) is 3.50. The molecule has 0 aromatic heterocycles. The molecule has 20 heavy (non-hydrogen) atoms. The molecule has 2 rings (SSSR count). The molecule has 0 saturated carbocycles. The number of rotatable bonds is 6. The van der Waals surface area contributed by atoms with Crippen molar-refractivity contribution in [1.29, 1.82) is 0 Å². The lowest BCUT2D eigenvalue weighted by molar-refractivity contribution is 0.115. The molecule has 0 saturated heterocycles. The molecule has 0 heterocycles. The maximum atomic E-state index is 9.42. The van der Waals surface area contributed by atoms with E-state index in [0.717, 1.165) is 12.2 Å². The van der Waals surface area contributed by atoms with Crippen LogP contribution in [0.25, 0.3) is 10.8 Å². The molecule has 0 aliphatic rings. The molecule has 0 fully saturated rings. The Bertz CT molecular complexity index is 564. The fourth-order valence-electron chi connectivity index (χ4n) is 2.39. The van der Waals surface area contributed by atoms with Gasteiger partial charge in [0.2, 0.25) is 0 Å². The molecule has 0 amide bonds. The van der Waals surface area contributed by atoms with Crippen molar-refractivity contribution in [3.8, 4) is 5.75 Å². The molecule has 0 bridgehead atoms. The lowest BCUT2D eigenvalue weighted by Crippen LogP contribution is -2.46. The Morgan fingerprint density at radius 1 is 1.20 bits per heavy atom. The fraction of sp³-hybridized carbons (Fsp3) is 0.412. The van der Waals surface area contributed by atoms with Crippen molar-refractivity contribution < 1.29 is 9.84 Å². The van der Waals surface area contributed by atoms with Crippen LogP contribution >= 0.6 is 0 Å². The Hall–Kier alpha value is -1.58. The highest BCUT2D eigenvalue weighted by molar-refractivity contribution is 5.83. The Balaban J connectivity index is 2.07. The van der Waals surface area contributed by atoms with E-state index >= 15 is 0 Å². The molecule has 3 heteroatoms. The SMILES string of the molecule is CNC(C)(CO)CC(C)Oc1ccc2ccccc2c1. The lowest BCUT2D eigenvalue weighted by Gasteiger charge is -2.30. The smallest absolute Gasteiger partial charge is 0.120 e. The minimum absolute atomic E-state index is 0.0285. The fourth-order valence-corrected chi connectivity index (χ4v) is 2.39. The van der Waals surface area contributed by atoms with Gasteiger partial charge >= 0.3 is 0 Å². The molecule has 3 nitrogen and oxygen atoms in total. The van der Waals surface area contributed by atoms with Crippen LogP contribution in [0, 0.1) is 0 Å². The third-order valence-electron chi connectivity index (χ3n) is 3.75. The molecular formula is C17H23NO2. The molecule has 2 aromatic carbocycles. The summed E-state index contributed by atoms with van der Waals surface area (Å²) < 4.78 is 5.97. The van der Waals surface area contributed by atoms with E-state index in [9.17, 15) is 5.11 Å². The second kappa shape index (κ2) is 6.25. The van der Waals surface area contributed by atoms with Crippen molar-refractivity contribution in [3.63, 3.8) is 0 Å². The van der Waals surface area contributed by atoms with E-state index in [0.29, 0.717) is 0 Å². The van der Waals surface area contributed by atoms with Crippen molar-refractivity contribution in [3.05, 3.63) is 42.5 Å². The van der Waals surface area contributed by atoms with Crippen LogP contribution in [0.5, 0.6) is 5.75 Å². The van der Waals surface area contributed by atoms with Crippen LogP contribution < -0.4 is 10.1 Å². The average molecular weight is 273 g/mol. The minimum Gasteiger partial charge on any atom is -0.491 e. The highest BCUT2D eigenvalue weighted by Gasteiger charge is 2.24. The first-order valence-corrected chi connectivity index (χ1v) is 7.01.